The van der Waals surface area contributed by atoms with Gasteiger partial charge in [-0.15, -0.1) is 0 Å². The predicted octanol–water partition coefficient (Wildman–Crippen LogP) is 2.46. The highest BCUT2D eigenvalue weighted by atomic mass is 16.2. The molecule has 1 atom stereocenters. The molecule has 0 bridgehead atoms. The van der Waals surface area contributed by atoms with Crippen molar-refractivity contribution in [3.8, 4) is 0 Å². The molecule has 0 saturated carbocycles. The Morgan fingerprint density at radius 3 is 2.73 bits per heavy atom. The summed E-state index contributed by atoms with van der Waals surface area (Å²) in [6, 6.07) is 9.64. The maximum Gasteiger partial charge on any atom is 0.264 e. The van der Waals surface area contributed by atoms with Crippen LogP contribution in [0.25, 0.3) is 0 Å². The summed E-state index contributed by atoms with van der Waals surface area (Å²) in [5.41, 5.74) is 0.683. The van der Waals surface area contributed by atoms with Crippen molar-refractivity contribution >= 4 is 11.9 Å². The Morgan fingerprint density at radius 2 is 2.08 bits per heavy atom. The van der Waals surface area contributed by atoms with Gasteiger partial charge >= 0.3 is 0 Å². The van der Waals surface area contributed by atoms with E-state index in [0.717, 1.165) is 29.8 Å². The van der Waals surface area contributed by atoms with Gasteiger partial charge < -0.3 is 9.88 Å². The van der Waals surface area contributed by atoms with Crippen LogP contribution < -0.4 is 5.32 Å². The quantitative estimate of drug-likeness (QED) is 0.892. The van der Waals surface area contributed by atoms with Gasteiger partial charge in [-0.25, -0.2) is 4.98 Å². The fourth-order valence-corrected chi connectivity index (χ4v) is 3.58. The summed E-state index contributed by atoms with van der Waals surface area (Å²) in [7, 11) is 1.89. The molecular formula is C20H21N5O. The minimum absolute atomic E-state index is 0.0988. The van der Waals surface area contributed by atoms with E-state index in [0.29, 0.717) is 0 Å². The van der Waals surface area contributed by atoms with Crippen LogP contribution >= 0.6 is 0 Å². The number of aromatic nitrogens is 2. The molecule has 1 aliphatic carbocycles. The number of nitrogens with zero attached hydrogens (tertiary/aromatic N) is 3. The van der Waals surface area contributed by atoms with Crippen LogP contribution in [0.1, 0.15) is 24.2 Å². The van der Waals surface area contributed by atoms with Crippen molar-refractivity contribution in [1.29, 1.82) is 5.41 Å². The third-order valence-electron chi connectivity index (χ3n) is 5.00. The SMILES string of the molecule is Cn1ccnc1CN1C(=N)NC(C2=CCCC=C2)(c2ccccc2)C1=O. The lowest BCUT2D eigenvalue weighted by Gasteiger charge is -2.30. The number of hydrogen-bond acceptors (Lipinski definition) is 3. The second-order valence-corrected chi connectivity index (χ2v) is 6.57. The van der Waals surface area contributed by atoms with Crippen molar-refractivity contribution in [3.63, 3.8) is 0 Å². The average Bonchev–Trinajstić information content (AvgIpc) is 3.20. The molecule has 2 N–H and O–H groups in total. The van der Waals surface area contributed by atoms with Gasteiger partial charge in [-0.3, -0.25) is 15.1 Å². The summed E-state index contributed by atoms with van der Waals surface area (Å²) in [5.74, 6) is 0.693. The minimum Gasteiger partial charge on any atom is -0.337 e. The molecule has 6 heteroatoms. The zero-order chi connectivity index (χ0) is 18.1. The van der Waals surface area contributed by atoms with Gasteiger partial charge in [0.1, 0.15) is 5.82 Å². The third kappa shape index (κ3) is 2.45. The van der Waals surface area contributed by atoms with Gasteiger partial charge in [-0.2, -0.15) is 0 Å². The Bertz CT molecular complexity index is 911. The lowest BCUT2D eigenvalue weighted by Crippen LogP contribution is -2.45. The molecule has 132 valence electrons. The standard InChI is InChI=1S/C20H21N5O/c1-24-13-12-22-17(24)14-25-18(26)20(23-19(25)21,15-8-4-2-5-9-15)16-10-6-3-7-11-16/h2,4-6,8-13H,3,7,14H2,1H3,(H2,21,23). The normalized spacial score (nSPS) is 22.5. The number of benzene rings is 1. The highest BCUT2D eigenvalue weighted by Crippen LogP contribution is 2.38. The zero-order valence-corrected chi connectivity index (χ0v) is 14.6. The van der Waals surface area contributed by atoms with E-state index < -0.39 is 5.54 Å². The number of imidazole rings is 1. The van der Waals surface area contributed by atoms with E-state index in [9.17, 15) is 4.79 Å². The van der Waals surface area contributed by atoms with Gasteiger partial charge in [0.2, 0.25) is 0 Å². The molecule has 4 rings (SSSR count). The Kier molecular flexibility index (Phi) is 3.95. The van der Waals surface area contributed by atoms with E-state index in [-0.39, 0.29) is 18.4 Å². The van der Waals surface area contributed by atoms with E-state index in [1.54, 1.807) is 6.20 Å². The number of hydrogen-bond donors (Lipinski definition) is 2. The van der Waals surface area contributed by atoms with E-state index in [1.165, 1.54) is 4.90 Å². The minimum atomic E-state index is -1.06. The fourth-order valence-electron chi connectivity index (χ4n) is 3.58. The number of guanidine groups is 1. The molecular weight excluding hydrogens is 326 g/mol. The second kappa shape index (κ2) is 6.29. The van der Waals surface area contributed by atoms with Crippen LogP contribution in [0.15, 0.2) is 66.5 Å². The fraction of sp³-hybridized carbons (Fsp3) is 0.250. The lowest BCUT2D eigenvalue weighted by molar-refractivity contribution is -0.130. The number of amides is 1. The molecule has 26 heavy (non-hydrogen) atoms. The van der Waals surface area contributed by atoms with Crippen molar-refractivity contribution < 1.29 is 4.79 Å². The summed E-state index contributed by atoms with van der Waals surface area (Å²) in [4.78, 5) is 19.4. The number of carbonyl (C=O) groups is 1. The molecule has 1 saturated heterocycles. The molecule has 6 nitrogen and oxygen atoms in total. The first-order chi connectivity index (χ1) is 12.6. The van der Waals surface area contributed by atoms with E-state index in [1.807, 2.05) is 54.2 Å². The van der Waals surface area contributed by atoms with Gasteiger partial charge in [0, 0.05) is 19.4 Å². The molecule has 1 amide bonds. The van der Waals surface area contributed by atoms with E-state index in [4.69, 9.17) is 5.41 Å². The topological polar surface area (TPSA) is 74.0 Å². The van der Waals surface area contributed by atoms with E-state index in [2.05, 4.69) is 22.5 Å². The summed E-state index contributed by atoms with van der Waals surface area (Å²) >= 11 is 0. The number of allylic oxidation sites excluding steroid dienone is 2. The molecule has 1 aromatic heterocycles. The van der Waals surface area contributed by atoms with Crippen LogP contribution in [0.3, 0.4) is 0 Å². The smallest absolute Gasteiger partial charge is 0.264 e. The average molecular weight is 347 g/mol. The molecule has 2 heterocycles. The Labute approximate surface area is 152 Å². The number of nitrogens with one attached hydrogen (secondary N) is 2. The molecule has 0 spiro atoms. The second-order valence-electron chi connectivity index (χ2n) is 6.57. The molecule has 1 unspecified atom stereocenters. The first kappa shape index (κ1) is 16.3. The van der Waals surface area contributed by atoms with Crippen LogP contribution in [-0.2, 0) is 23.9 Å². The van der Waals surface area contributed by atoms with Gasteiger partial charge in [-0.05, 0) is 24.0 Å². The van der Waals surface area contributed by atoms with Gasteiger partial charge in [0.25, 0.3) is 5.91 Å². The Hall–Kier alpha value is -3.15. The molecule has 0 radical (unpaired) electrons. The van der Waals surface area contributed by atoms with Crippen LogP contribution in [0.4, 0.5) is 0 Å². The Balaban J connectivity index is 1.79. The summed E-state index contributed by atoms with van der Waals surface area (Å²) < 4.78 is 1.86. The molecule has 2 aliphatic rings. The van der Waals surface area contributed by atoms with Crippen LogP contribution in [0.2, 0.25) is 0 Å². The Morgan fingerprint density at radius 1 is 1.27 bits per heavy atom. The van der Waals surface area contributed by atoms with Crippen LogP contribution in [-0.4, -0.2) is 26.3 Å². The number of aryl methyl sites for hydroxylation is 1. The first-order valence-electron chi connectivity index (χ1n) is 8.70. The third-order valence-corrected chi connectivity index (χ3v) is 5.00. The van der Waals surface area contributed by atoms with Crippen molar-refractivity contribution in [3.05, 3.63) is 77.9 Å². The van der Waals surface area contributed by atoms with Crippen molar-refractivity contribution in [2.75, 3.05) is 0 Å². The van der Waals surface area contributed by atoms with E-state index >= 15 is 0 Å². The molecule has 1 fully saturated rings. The van der Waals surface area contributed by atoms with Gasteiger partial charge in [0.15, 0.2) is 11.5 Å². The largest absolute Gasteiger partial charge is 0.337 e. The van der Waals surface area contributed by atoms with Crippen LogP contribution in [0.5, 0.6) is 0 Å². The summed E-state index contributed by atoms with van der Waals surface area (Å²) in [5, 5.41) is 11.6. The summed E-state index contributed by atoms with van der Waals surface area (Å²) in [6.07, 6.45) is 11.6. The summed E-state index contributed by atoms with van der Waals surface area (Å²) in [6.45, 7) is 0.264. The van der Waals surface area contributed by atoms with Crippen LogP contribution in [0, 0.1) is 5.41 Å². The molecule has 1 aliphatic heterocycles. The maximum atomic E-state index is 13.6. The highest BCUT2D eigenvalue weighted by Gasteiger charge is 2.52. The maximum absolute atomic E-state index is 13.6. The van der Waals surface area contributed by atoms with Crippen molar-refractivity contribution in [2.24, 2.45) is 7.05 Å². The zero-order valence-electron chi connectivity index (χ0n) is 14.6. The van der Waals surface area contributed by atoms with Crippen molar-refractivity contribution in [1.82, 2.24) is 19.8 Å². The first-order valence-corrected chi connectivity index (χ1v) is 8.70. The van der Waals surface area contributed by atoms with Crippen molar-refractivity contribution in [2.45, 2.75) is 24.9 Å². The number of carbonyl (C=O) groups excluding carboxylic acids is 1. The highest BCUT2D eigenvalue weighted by molar-refractivity contribution is 6.10. The predicted molar refractivity (Wildman–Crippen MR) is 99.2 cm³/mol. The monoisotopic (exact) mass is 347 g/mol. The lowest BCUT2D eigenvalue weighted by atomic mass is 9.80. The van der Waals surface area contributed by atoms with Gasteiger partial charge in [0.05, 0.1) is 6.54 Å². The number of rotatable bonds is 4. The molecule has 1 aromatic carbocycles. The van der Waals surface area contributed by atoms with Gasteiger partial charge in [-0.1, -0.05) is 48.6 Å². The molecule has 2 aromatic rings.